The second-order valence-corrected chi connectivity index (χ2v) is 7.13. The molecule has 1 aliphatic rings. The van der Waals surface area contributed by atoms with Gasteiger partial charge in [-0.2, -0.15) is 0 Å². The van der Waals surface area contributed by atoms with Crippen LogP contribution in [0.25, 0.3) is 0 Å². The predicted molar refractivity (Wildman–Crippen MR) is 111 cm³/mol. The van der Waals surface area contributed by atoms with Crippen LogP contribution < -0.4 is 15.4 Å². The lowest BCUT2D eigenvalue weighted by atomic mass is 9.99. The average Bonchev–Trinajstić information content (AvgIpc) is 3.23. The summed E-state index contributed by atoms with van der Waals surface area (Å²) < 4.78 is 5.03. The number of ether oxygens (including phenoxy) is 1. The number of benzene rings is 2. The van der Waals surface area contributed by atoms with Crippen molar-refractivity contribution in [2.24, 2.45) is 0 Å². The van der Waals surface area contributed by atoms with Crippen LogP contribution in [0.5, 0.6) is 5.75 Å². The van der Waals surface area contributed by atoms with E-state index in [1.807, 2.05) is 25.1 Å². The first kappa shape index (κ1) is 20.6. The largest absolute Gasteiger partial charge is 0.496 e. The van der Waals surface area contributed by atoms with Crippen LogP contribution >= 0.6 is 0 Å². The van der Waals surface area contributed by atoms with Gasteiger partial charge in [-0.1, -0.05) is 30.3 Å². The Balaban J connectivity index is 1.74. The highest BCUT2D eigenvalue weighted by molar-refractivity contribution is 5.92. The van der Waals surface area contributed by atoms with Crippen LogP contribution in [0.4, 0.5) is 16.2 Å². The maximum atomic E-state index is 12.6. The molecule has 0 bridgehead atoms. The Bertz CT molecular complexity index is 853. The molecule has 2 amide bonds. The van der Waals surface area contributed by atoms with Gasteiger partial charge in [0.05, 0.1) is 24.1 Å². The normalized spacial score (nSPS) is 16.1. The molecule has 3 rings (SSSR count). The summed E-state index contributed by atoms with van der Waals surface area (Å²) in [5.74, 6) is 0.356. The molecule has 0 spiro atoms. The molecule has 0 unspecified atom stereocenters. The van der Waals surface area contributed by atoms with Gasteiger partial charge in [-0.05, 0) is 50.6 Å². The standard InChI is InChI=1S/C21H26N4O4/c1-15(20(24-12-6-7-13-24)16-8-4-3-5-9-16)22-21(26)23-18-11-10-17(29-2)14-19(18)25(27)28/h3-5,8-11,14-15,20H,6-7,12-13H2,1-2H3,(H2,22,23,26)/t15-,20+/m1/s1. The van der Waals surface area contributed by atoms with E-state index in [-0.39, 0.29) is 23.5 Å². The van der Waals surface area contributed by atoms with Crippen LogP contribution in [0.1, 0.15) is 31.4 Å². The third-order valence-electron chi connectivity index (χ3n) is 5.16. The van der Waals surface area contributed by atoms with Crippen LogP contribution in [-0.4, -0.2) is 42.1 Å². The molecular formula is C21H26N4O4. The molecule has 2 N–H and O–H groups in total. The highest BCUT2D eigenvalue weighted by Crippen LogP contribution is 2.30. The summed E-state index contributed by atoms with van der Waals surface area (Å²) in [5, 5.41) is 16.9. The Hall–Kier alpha value is -3.13. The summed E-state index contributed by atoms with van der Waals surface area (Å²) in [5.41, 5.74) is 1.04. The van der Waals surface area contributed by atoms with Gasteiger partial charge in [-0.3, -0.25) is 15.0 Å². The number of anilines is 1. The zero-order valence-corrected chi connectivity index (χ0v) is 16.6. The number of nitrogens with one attached hydrogen (secondary N) is 2. The molecule has 1 heterocycles. The molecule has 1 saturated heterocycles. The zero-order chi connectivity index (χ0) is 20.8. The number of urea groups is 1. The number of methoxy groups -OCH3 is 1. The first-order valence-electron chi connectivity index (χ1n) is 9.68. The maximum absolute atomic E-state index is 12.6. The van der Waals surface area contributed by atoms with Gasteiger partial charge in [0.25, 0.3) is 5.69 Å². The maximum Gasteiger partial charge on any atom is 0.319 e. The molecule has 0 aliphatic carbocycles. The molecule has 29 heavy (non-hydrogen) atoms. The molecule has 0 aromatic heterocycles. The van der Waals surface area contributed by atoms with Crippen LogP contribution in [-0.2, 0) is 0 Å². The van der Waals surface area contributed by atoms with Gasteiger partial charge in [0.2, 0.25) is 0 Å². The predicted octanol–water partition coefficient (Wildman–Crippen LogP) is 3.95. The Morgan fingerprint density at radius 1 is 1.17 bits per heavy atom. The average molecular weight is 398 g/mol. The Kier molecular flexibility index (Phi) is 6.66. The van der Waals surface area contributed by atoms with E-state index < -0.39 is 11.0 Å². The number of hydrogen-bond donors (Lipinski definition) is 2. The number of amides is 2. The van der Waals surface area contributed by atoms with Gasteiger partial charge in [0.15, 0.2) is 0 Å². The lowest BCUT2D eigenvalue weighted by Crippen LogP contribution is -2.45. The van der Waals surface area contributed by atoms with E-state index in [4.69, 9.17) is 4.74 Å². The van der Waals surface area contributed by atoms with E-state index in [0.29, 0.717) is 5.75 Å². The van der Waals surface area contributed by atoms with Gasteiger partial charge in [0.1, 0.15) is 11.4 Å². The lowest BCUT2D eigenvalue weighted by molar-refractivity contribution is -0.384. The molecule has 0 radical (unpaired) electrons. The topological polar surface area (TPSA) is 96.7 Å². The van der Waals surface area contributed by atoms with Gasteiger partial charge in [0, 0.05) is 6.04 Å². The van der Waals surface area contributed by atoms with E-state index in [9.17, 15) is 14.9 Å². The number of nitro groups is 1. The summed E-state index contributed by atoms with van der Waals surface area (Å²) in [6, 6.07) is 13.8. The summed E-state index contributed by atoms with van der Waals surface area (Å²) in [7, 11) is 1.43. The highest BCUT2D eigenvalue weighted by Gasteiger charge is 2.29. The molecule has 2 atom stereocenters. The quantitative estimate of drug-likeness (QED) is 0.544. The van der Waals surface area contributed by atoms with E-state index in [2.05, 4.69) is 27.7 Å². The monoisotopic (exact) mass is 398 g/mol. The van der Waals surface area contributed by atoms with Crippen molar-refractivity contribution in [3.8, 4) is 5.75 Å². The minimum atomic E-state index is -0.543. The molecule has 1 fully saturated rings. The summed E-state index contributed by atoms with van der Waals surface area (Å²) in [4.78, 5) is 25.8. The van der Waals surface area contributed by atoms with E-state index in [1.54, 1.807) is 6.07 Å². The molecule has 2 aromatic carbocycles. The van der Waals surface area contributed by atoms with Crippen molar-refractivity contribution >= 4 is 17.4 Å². The van der Waals surface area contributed by atoms with E-state index in [0.717, 1.165) is 31.5 Å². The Morgan fingerprint density at radius 3 is 2.48 bits per heavy atom. The third-order valence-corrected chi connectivity index (χ3v) is 5.16. The number of nitrogens with zero attached hydrogens (tertiary/aromatic N) is 2. The number of carbonyl (C=O) groups excluding carboxylic acids is 1. The van der Waals surface area contributed by atoms with Crippen molar-refractivity contribution in [2.45, 2.75) is 31.8 Å². The minimum absolute atomic E-state index is 0.0373. The van der Waals surface area contributed by atoms with Gasteiger partial charge < -0.3 is 15.4 Å². The first-order valence-corrected chi connectivity index (χ1v) is 9.68. The zero-order valence-electron chi connectivity index (χ0n) is 16.6. The third kappa shape index (κ3) is 5.03. The Labute approximate surface area is 170 Å². The van der Waals surface area contributed by atoms with Crippen LogP contribution in [0, 0.1) is 10.1 Å². The number of rotatable bonds is 7. The van der Waals surface area contributed by atoms with Crippen molar-refractivity contribution in [1.29, 1.82) is 0 Å². The smallest absolute Gasteiger partial charge is 0.319 e. The van der Waals surface area contributed by atoms with E-state index in [1.165, 1.54) is 19.2 Å². The number of hydrogen-bond acceptors (Lipinski definition) is 5. The molecular weight excluding hydrogens is 372 g/mol. The lowest BCUT2D eigenvalue weighted by Gasteiger charge is -2.33. The molecule has 1 aliphatic heterocycles. The summed E-state index contributed by atoms with van der Waals surface area (Å²) in [6.45, 7) is 3.92. The van der Waals surface area contributed by atoms with Gasteiger partial charge in [-0.15, -0.1) is 0 Å². The molecule has 8 heteroatoms. The van der Waals surface area contributed by atoms with Crippen LogP contribution in [0.2, 0.25) is 0 Å². The second-order valence-electron chi connectivity index (χ2n) is 7.13. The molecule has 8 nitrogen and oxygen atoms in total. The van der Waals surface area contributed by atoms with Crippen LogP contribution in [0.15, 0.2) is 48.5 Å². The fourth-order valence-corrected chi connectivity index (χ4v) is 3.82. The fraction of sp³-hybridized carbons (Fsp3) is 0.381. The number of nitro benzene ring substituents is 1. The summed E-state index contributed by atoms with van der Waals surface area (Å²) >= 11 is 0. The molecule has 0 saturated carbocycles. The highest BCUT2D eigenvalue weighted by atomic mass is 16.6. The fourth-order valence-electron chi connectivity index (χ4n) is 3.82. The van der Waals surface area contributed by atoms with Crippen molar-refractivity contribution in [1.82, 2.24) is 10.2 Å². The second kappa shape index (κ2) is 9.38. The van der Waals surface area contributed by atoms with Crippen molar-refractivity contribution < 1.29 is 14.5 Å². The first-order chi connectivity index (χ1) is 14.0. The Morgan fingerprint density at radius 2 is 1.86 bits per heavy atom. The number of carbonyl (C=O) groups is 1. The van der Waals surface area contributed by atoms with Gasteiger partial charge >= 0.3 is 6.03 Å². The van der Waals surface area contributed by atoms with E-state index >= 15 is 0 Å². The minimum Gasteiger partial charge on any atom is -0.496 e. The molecule has 154 valence electrons. The summed E-state index contributed by atoms with van der Waals surface area (Å²) in [6.07, 6.45) is 2.28. The number of likely N-dealkylation sites (tertiary alicyclic amines) is 1. The van der Waals surface area contributed by atoms with Crippen LogP contribution in [0.3, 0.4) is 0 Å². The SMILES string of the molecule is COc1ccc(NC(=O)N[C@H](C)[C@@H](c2ccccc2)N2CCCC2)c([N+](=O)[O-])c1. The van der Waals surface area contributed by atoms with Gasteiger partial charge in [-0.25, -0.2) is 4.79 Å². The van der Waals surface area contributed by atoms with Crippen molar-refractivity contribution in [3.05, 3.63) is 64.2 Å². The molecule has 2 aromatic rings. The van der Waals surface area contributed by atoms with Crippen molar-refractivity contribution in [2.75, 3.05) is 25.5 Å². The van der Waals surface area contributed by atoms with Crippen molar-refractivity contribution in [3.63, 3.8) is 0 Å².